The number of piperidine rings is 1. The number of likely N-dealkylation sites (tertiary alicyclic amines) is 1. The van der Waals surface area contributed by atoms with Gasteiger partial charge in [-0.2, -0.15) is 0 Å². The van der Waals surface area contributed by atoms with E-state index in [1.807, 2.05) is 4.90 Å². The van der Waals surface area contributed by atoms with Crippen LogP contribution in [0.15, 0.2) is 0 Å². The first kappa shape index (κ1) is 13.0. The fraction of sp³-hybridized carbons (Fsp3) is 0.818. The summed E-state index contributed by atoms with van der Waals surface area (Å²) in [5.41, 5.74) is 5.34. The van der Waals surface area contributed by atoms with E-state index in [0.29, 0.717) is 5.92 Å². The van der Waals surface area contributed by atoms with Crippen molar-refractivity contribution in [3.8, 4) is 0 Å². The van der Waals surface area contributed by atoms with E-state index in [1.54, 1.807) is 18.9 Å². The minimum Gasteiger partial charge on any atom is -0.346 e. The number of amides is 2. The number of hydrogen-bond donors (Lipinski definition) is 1. The van der Waals surface area contributed by atoms with E-state index in [1.165, 1.54) is 0 Å². The van der Waals surface area contributed by atoms with Crippen LogP contribution in [0, 0.1) is 5.92 Å². The van der Waals surface area contributed by atoms with Crippen LogP contribution in [0.4, 0.5) is 0 Å². The molecule has 0 aliphatic carbocycles. The molecule has 0 saturated carbocycles. The van der Waals surface area contributed by atoms with Gasteiger partial charge in [-0.3, -0.25) is 9.59 Å². The monoisotopic (exact) mass is 227 g/mol. The molecule has 0 radical (unpaired) electrons. The highest BCUT2D eigenvalue weighted by Gasteiger charge is 2.24. The van der Waals surface area contributed by atoms with Gasteiger partial charge in [-0.1, -0.05) is 0 Å². The molecule has 1 heterocycles. The summed E-state index contributed by atoms with van der Waals surface area (Å²) < 4.78 is 0. The third-order valence-corrected chi connectivity index (χ3v) is 3.12. The Morgan fingerprint density at radius 1 is 1.50 bits per heavy atom. The lowest BCUT2D eigenvalue weighted by atomic mass is 9.97. The highest BCUT2D eigenvalue weighted by atomic mass is 16.2. The Hall–Kier alpha value is -1.10. The smallest absolute Gasteiger partial charge is 0.236 e. The van der Waals surface area contributed by atoms with E-state index in [0.717, 1.165) is 32.5 Å². The zero-order valence-corrected chi connectivity index (χ0v) is 10.1. The molecule has 5 nitrogen and oxygen atoms in total. The first-order valence-electron chi connectivity index (χ1n) is 5.74. The van der Waals surface area contributed by atoms with Crippen molar-refractivity contribution in [1.29, 1.82) is 0 Å². The summed E-state index contributed by atoms with van der Waals surface area (Å²) in [5, 5.41) is 0. The molecule has 16 heavy (non-hydrogen) atoms. The summed E-state index contributed by atoms with van der Waals surface area (Å²) >= 11 is 0. The Bertz CT molecular complexity index is 268. The zero-order valence-electron chi connectivity index (χ0n) is 10.1. The summed E-state index contributed by atoms with van der Waals surface area (Å²) in [6, 6.07) is 0. The van der Waals surface area contributed by atoms with Gasteiger partial charge in [0.25, 0.3) is 0 Å². The molecule has 1 rings (SSSR count). The molecule has 1 aliphatic heterocycles. The Kier molecular flexibility index (Phi) is 4.73. The maximum atomic E-state index is 11.5. The van der Waals surface area contributed by atoms with Crippen LogP contribution in [0.2, 0.25) is 0 Å². The number of carbonyl (C=O) groups excluding carboxylic acids is 2. The molecule has 1 fully saturated rings. The van der Waals surface area contributed by atoms with Gasteiger partial charge >= 0.3 is 0 Å². The van der Waals surface area contributed by atoms with Crippen molar-refractivity contribution in [3.05, 3.63) is 0 Å². The van der Waals surface area contributed by atoms with Crippen LogP contribution in [0.5, 0.6) is 0 Å². The van der Waals surface area contributed by atoms with Crippen LogP contribution in [0.1, 0.15) is 19.8 Å². The molecule has 0 aromatic carbocycles. The number of nitrogens with zero attached hydrogens (tertiary/aromatic N) is 2. The summed E-state index contributed by atoms with van der Waals surface area (Å²) in [4.78, 5) is 26.1. The van der Waals surface area contributed by atoms with E-state index in [2.05, 4.69) is 0 Å². The Labute approximate surface area is 96.6 Å². The van der Waals surface area contributed by atoms with E-state index in [-0.39, 0.29) is 18.4 Å². The second kappa shape index (κ2) is 5.84. The van der Waals surface area contributed by atoms with Gasteiger partial charge in [-0.05, 0) is 18.8 Å². The summed E-state index contributed by atoms with van der Waals surface area (Å²) in [6.45, 7) is 3.90. The molecule has 2 N–H and O–H groups in total. The summed E-state index contributed by atoms with van der Waals surface area (Å²) in [5.74, 6) is 0.468. The molecule has 0 aromatic heterocycles. The topological polar surface area (TPSA) is 66.6 Å². The van der Waals surface area contributed by atoms with Crippen molar-refractivity contribution in [2.45, 2.75) is 19.8 Å². The van der Waals surface area contributed by atoms with Gasteiger partial charge in [0.15, 0.2) is 0 Å². The van der Waals surface area contributed by atoms with Gasteiger partial charge in [0.1, 0.15) is 0 Å². The maximum absolute atomic E-state index is 11.5. The molecule has 0 bridgehead atoms. The lowest BCUT2D eigenvalue weighted by Gasteiger charge is -2.34. The molecular weight excluding hydrogens is 206 g/mol. The molecule has 5 heteroatoms. The average molecular weight is 227 g/mol. The van der Waals surface area contributed by atoms with Crippen LogP contribution >= 0.6 is 0 Å². The quantitative estimate of drug-likeness (QED) is 0.717. The molecule has 1 atom stereocenters. The largest absolute Gasteiger partial charge is 0.346 e. The van der Waals surface area contributed by atoms with Crippen LogP contribution in [-0.2, 0) is 9.59 Å². The van der Waals surface area contributed by atoms with E-state index in [4.69, 9.17) is 5.73 Å². The average Bonchev–Trinajstić information content (AvgIpc) is 2.28. The van der Waals surface area contributed by atoms with Crippen molar-refractivity contribution < 1.29 is 9.59 Å². The minimum atomic E-state index is 0.00942. The van der Waals surface area contributed by atoms with Crippen molar-refractivity contribution >= 4 is 11.8 Å². The van der Waals surface area contributed by atoms with Crippen LogP contribution < -0.4 is 5.73 Å². The predicted octanol–water partition coefficient (Wildman–Crippen LogP) is -0.338. The molecule has 0 unspecified atom stereocenters. The Morgan fingerprint density at radius 3 is 2.75 bits per heavy atom. The molecule has 0 spiro atoms. The highest BCUT2D eigenvalue weighted by molar-refractivity contribution is 5.78. The summed E-state index contributed by atoms with van der Waals surface area (Å²) in [6.07, 6.45) is 2.08. The van der Waals surface area contributed by atoms with E-state index >= 15 is 0 Å². The van der Waals surface area contributed by atoms with E-state index < -0.39 is 0 Å². The van der Waals surface area contributed by atoms with Crippen LogP contribution in [0.3, 0.4) is 0 Å². The van der Waals surface area contributed by atoms with Crippen molar-refractivity contribution in [2.75, 3.05) is 33.2 Å². The molecule has 1 aliphatic rings. The fourth-order valence-corrected chi connectivity index (χ4v) is 2.09. The van der Waals surface area contributed by atoms with E-state index in [9.17, 15) is 9.59 Å². The standard InChI is InChI=1S/C11H21N3O2/c1-9(15)13(2)7-10-4-3-5-14(8-10)11(16)6-12/h10H,3-8,12H2,1-2H3/t10-/m0/s1. The highest BCUT2D eigenvalue weighted by Crippen LogP contribution is 2.17. The van der Waals surface area contributed by atoms with Crippen molar-refractivity contribution in [1.82, 2.24) is 9.80 Å². The van der Waals surface area contributed by atoms with Gasteiger partial charge < -0.3 is 15.5 Å². The third-order valence-electron chi connectivity index (χ3n) is 3.12. The normalized spacial score (nSPS) is 20.7. The minimum absolute atomic E-state index is 0.00942. The molecule has 2 amide bonds. The molecule has 1 saturated heterocycles. The Balaban J connectivity index is 2.44. The Morgan fingerprint density at radius 2 is 2.19 bits per heavy atom. The molecular formula is C11H21N3O2. The first-order chi connectivity index (χ1) is 7.54. The number of nitrogens with two attached hydrogens (primary N) is 1. The van der Waals surface area contributed by atoms with Crippen molar-refractivity contribution in [3.63, 3.8) is 0 Å². The number of hydrogen-bond acceptors (Lipinski definition) is 3. The van der Waals surface area contributed by atoms with Gasteiger partial charge in [-0.25, -0.2) is 0 Å². The first-order valence-corrected chi connectivity index (χ1v) is 5.74. The number of carbonyl (C=O) groups is 2. The third kappa shape index (κ3) is 3.48. The second-order valence-electron chi connectivity index (χ2n) is 4.45. The molecule has 92 valence electrons. The summed E-state index contributed by atoms with van der Waals surface area (Å²) in [7, 11) is 1.80. The maximum Gasteiger partial charge on any atom is 0.236 e. The van der Waals surface area contributed by atoms with Crippen LogP contribution in [0.25, 0.3) is 0 Å². The zero-order chi connectivity index (χ0) is 12.1. The number of rotatable bonds is 3. The van der Waals surface area contributed by atoms with Crippen molar-refractivity contribution in [2.24, 2.45) is 11.7 Å². The predicted molar refractivity (Wildman–Crippen MR) is 61.7 cm³/mol. The van der Waals surface area contributed by atoms with Gasteiger partial charge in [0, 0.05) is 33.6 Å². The SMILES string of the molecule is CC(=O)N(C)C[C@@H]1CCCN(C(=O)CN)C1. The lowest BCUT2D eigenvalue weighted by molar-refractivity contribution is -0.132. The van der Waals surface area contributed by atoms with Gasteiger partial charge in [-0.15, -0.1) is 0 Å². The second-order valence-corrected chi connectivity index (χ2v) is 4.45. The van der Waals surface area contributed by atoms with Crippen LogP contribution in [-0.4, -0.2) is 54.8 Å². The fourth-order valence-electron chi connectivity index (χ4n) is 2.09. The van der Waals surface area contributed by atoms with Gasteiger partial charge in [0.2, 0.25) is 11.8 Å². The molecule has 0 aromatic rings. The van der Waals surface area contributed by atoms with Gasteiger partial charge in [0.05, 0.1) is 6.54 Å². The lowest BCUT2D eigenvalue weighted by Crippen LogP contribution is -2.45.